The summed E-state index contributed by atoms with van der Waals surface area (Å²) in [5.74, 6) is -2.35. The molecular weight excluding hydrogens is 525 g/mol. The van der Waals surface area contributed by atoms with Crippen LogP contribution in [-0.2, 0) is 4.74 Å². The summed E-state index contributed by atoms with van der Waals surface area (Å²) in [6.07, 6.45) is -1.25. The van der Waals surface area contributed by atoms with Crippen molar-refractivity contribution in [2.24, 2.45) is 0 Å². The third kappa shape index (κ3) is 4.72. The fourth-order valence-electron chi connectivity index (χ4n) is 4.25. The zero-order valence-electron chi connectivity index (χ0n) is 20.0. The number of hydrogen-bond donors (Lipinski definition) is 0. The second-order valence-electron chi connectivity index (χ2n) is 8.70. The predicted octanol–water partition coefficient (Wildman–Crippen LogP) is 6.88. The topological polar surface area (TPSA) is 80.8 Å². The van der Waals surface area contributed by atoms with E-state index in [0.717, 1.165) is 4.90 Å². The molecule has 0 aliphatic carbocycles. The number of carbonyl (C=O) groups excluding carboxylic acids is 4. The lowest BCUT2D eigenvalue weighted by molar-refractivity contribution is 0.0280. The molecule has 0 spiro atoms. The average molecular weight is 544 g/mol. The Bertz CT molecular complexity index is 1600. The van der Waals surface area contributed by atoms with Gasteiger partial charge in [-0.1, -0.05) is 71.7 Å². The van der Waals surface area contributed by atoms with Crippen LogP contribution in [0, 0.1) is 6.92 Å². The highest BCUT2D eigenvalue weighted by Gasteiger charge is 2.38. The first-order valence-corrected chi connectivity index (χ1v) is 12.3. The molecule has 4 aromatic carbocycles. The number of esters is 1. The minimum Gasteiger partial charge on any atom is -0.445 e. The third-order valence-electron chi connectivity index (χ3n) is 6.23. The van der Waals surface area contributed by atoms with Crippen molar-refractivity contribution in [2.45, 2.75) is 13.0 Å². The zero-order chi connectivity index (χ0) is 27.0. The first-order chi connectivity index (χ1) is 18.2. The second-order valence-corrected chi connectivity index (χ2v) is 9.58. The molecule has 1 aliphatic rings. The molecule has 0 saturated heterocycles. The maximum Gasteiger partial charge on any atom is 0.339 e. The second kappa shape index (κ2) is 10.2. The van der Waals surface area contributed by atoms with Gasteiger partial charge in [0.15, 0.2) is 6.10 Å². The summed E-state index contributed by atoms with van der Waals surface area (Å²) in [7, 11) is 0. The van der Waals surface area contributed by atoms with Crippen LogP contribution < -0.4 is 4.90 Å². The Hall–Kier alpha value is -4.26. The molecule has 0 fully saturated rings. The highest BCUT2D eigenvalue weighted by Crippen LogP contribution is 2.33. The first-order valence-electron chi connectivity index (χ1n) is 11.6. The number of aryl methyl sites for hydroxylation is 1. The quantitative estimate of drug-likeness (QED) is 0.150. The smallest absolute Gasteiger partial charge is 0.339 e. The van der Waals surface area contributed by atoms with Crippen molar-refractivity contribution < 1.29 is 23.9 Å². The largest absolute Gasteiger partial charge is 0.445 e. The van der Waals surface area contributed by atoms with Crippen LogP contribution in [0.2, 0.25) is 10.0 Å². The van der Waals surface area contributed by atoms with Crippen molar-refractivity contribution >= 4 is 52.5 Å². The summed E-state index contributed by atoms with van der Waals surface area (Å²) in [5, 5.41) is 0.843. The van der Waals surface area contributed by atoms with E-state index in [1.54, 1.807) is 79.7 Å². The molecule has 4 aromatic rings. The molecule has 0 bridgehead atoms. The lowest BCUT2D eigenvalue weighted by Gasteiger charge is -2.18. The number of benzene rings is 4. The van der Waals surface area contributed by atoms with Crippen LogP contribution in [0.15, 0.2) is 91.0 Å². The number of ketones is 1. The summed E-state index contributed by atoms with van der Waals surface area (Å²) in [4.78, 5) is 53.9. The average Bonchev–Trinajstić information content (AvgIpc) is 3.18. The highest BCUT2D eigenvalue weighted by molar-refractivity contribution is 6.36. The lowest BCUT2D eigenvalue weighted by atomic mass is 9.99. The molecule has 6 nitrogen and oxygen atoms in total. The molecule has 188 valence electrons. The van der Waals surface area contributed by atoms with E-state index in [0.29, 0.717) is 32.4 Å². The molecule has 0 saturated carbocycles. The van der Waals surface area contributed by atoms with E-state index in [9.17, 15) is 19.2 Å². The van der Waals surface area contributed by atoms with Crippen molar-refractivity contribution in [3.63, 3.8) is 0 Å². The molecule has 0 radical (unpaired) electrons. The minimum absolute atomic E-state index is 0.0226. The van der Waals surface area contributed by atoms with Crippen molar-refractivity contribution in [3.8, 4) is 0 Å². The Balaban J connectivity index is 1.46. The number of rotatable bonds is 6. The molecular formula is C30H19Cl2NO5. The van der Waals surface area contributed by atoms with E-state index < -0.39 is 29.7 Å². The number of imide groups is 1. The number of amides is 2. The van der Waals surface area contributed by atoms with Gasteiger partial charge in [0.05, 0.1) is 22.4 Å². The molecule has 0 N–H and O–H groups in total. The standard InChI is InChI=1S/C30H19Cl2NO5/c1-17-7-11-22(32)16-25(17)33-28(35)23-14-10-20(15-24(23)29(33)36)30(37)38-27(19-8-12-21(31)13-9-19)26(34)18-5-3-2-4-6-18/h2-16,27H,1H3/t27-/m1/s1. The molecule has 38 heavy (non-hydrogen) atoms. The van der Waals surface area contributed by atoms with Crippen LogP contribution >= 0.6 is 23.2 Å². The van der Waals surface area contributed by atoms with Crippen LogP contribution in [0.4, 0.5) is 5.69 Å². The molecule has 1 aliphatic heterocycles. The highest BCUT2D eigenvalue weighted by atomic mass is 35.5. The predicted molar refractivity (Wildman–Crippen MR) is 144 cm³/mol. The summed E-state index contributed by atoms with van der Waals surface area (Å²) in [5.41, 5.74) is 2.09. The fraction of sp³-hybridized carbons (Fsp3) is 0.0667. The molecule has 0 aromatic heterocycles. The van der Waals surface area contributed by atoms with E-state index in [-0.39, 0.29) is 16.7 Å². The molecule has 5 rings (SSSR count). The van der Waals surface area contributed by atoms with E-state index in [2.05, 4.69) is 0 Å². The van der Waals surface area contributed by atoms with Gasteiger partial charge in [0.2, 0.25) is 5.78 Å². The Labute approximate surface area is 228 Å². The van der Waals surface area contributed by atoms with Gasteiger partial charge < -0.3 is 4.74 Å². The van der Waals surface area contributed by atoms with Gasteiger partial charge in [0.1, 0.15) is 0 Å². The van der Waals surface area contributed by atoms with Crippen molar-refractivity contribution in [2.75, 3.05) is 4.90 Å². The van der Waals surface area contributed by atoms with Crippen molar-refractivity contribution in [1.29, 1.82) is 0 Å². The summed E-state index contributed by atoms with van der Waals surface area (Å²) in [6.45, 7) is 1.76. The summed E-state index contributed by atoms with van der Waals surface area (Å²) >= 11 is 12.1. The molecule has 1 heterocycles. The third-order valence-corrected chi connectivity index (χ3v) is 6.72. The van der Waals surface area contributed by atoms with Crippen LogP contribution in [0.1, 0.15) is 58.7 Å². The molecule has 1 atom stereocenters. The van der Waals surface area contributed by atoms with Crippen LogP contribution in [0.25, 0.3) is 0 Å². The van der Waals surface area contributed by atoms with Gasteiger partial charge in [-0.3, -0.25) is 14.4 Å². The Morgan fingerprint density at radius 2 is 1.39 bits per heavy atom. The van der Waals surface area contributed by atoms with Gasteiger partial charge in [0, 0.05) is 21.2 Å². The summed E-state index contributed by atoms with van der Waals surface area (Å²) in [6, 6.07) is 23.9. The number of nitrogens with zero attached hydrogens (tertiary/aromatic N) is 1. The molecule has 2 amide bonds. The maximum atomic E-state index is 13.3. The number of hydrogen-bond acceptors (Lipinski definition) is 5. The normalized spacial score (nSPS) is 13.3. The van der Waals surface area contributed by atoms with Crippen LogP contribution in [0.5, 0.6) is 0 Å². The van der Waals surface area contributed by atoms with Gasteiger partial charge in [-0.25, -0.2) is 9.69 Å². The van der Waals surface area contributed by atoms with E-state index >= 15 is 0 Å². The number of halogens is 2. The van der Waals surface area contributed by atoms with Gasteiger partial charge in [-0.05, 0) is 55.0 Å². The zero-order valence-corrected chi connectivity index (χ0v) is 21.5. The van der Waals surface area contributed by atoms with Crippen molar-refractivity contribution in [1.82, 2.24) is 0 Å². The number of Topliss-reactive ketones (excluding diaryl/α,β-unsaturated/α-hetero) is 1. The SMILES string of the molecule is Cc1ccc(Cl)cc1N1C(=O)c2ccc(C(=O)O[C@@H](C(=O)c3ccccc3)c3ccc(Cl)cc3)cc2C1=O. The van der Waals surface area contributed by atoms with Gasteiger partial charge in [0.25, 0.3) is 11.8 Å². The monoisotopic (exact) mass is 543 g/mol. The van der Waals surface area contributed by atoms with Gasteiger partial charge in [-0.2, -0.15) is 0 Å². The number of fused-ring (bicyclic) bond motifs is 1. The lowest BCUT2D eigenvalue weighted by Crippen LogP contribution is -2.30. The molecule has 0 unspecified atom stereocenters. The Morgan fingerprint density at radius 1 is 0.737 bits per heavy atom. The Morgan fingerprint density at radius 3 is 2.11 bits per heavy atom. The minimum atomic E-state index is -1.25. The number of carbonyl (C=O) groups is 4. The Kier molecular flexibility index (Phi) is 6.85. The van der Waals surface area contributed by atoms with E-state index in [1.165, 1.54) is 18.2 Å². The van der Waals surface area contributed by atoms with Gasteiger partial charge in [-0.15, -0.1) is 0 Å². The van der Waals surface area contributed by atoms with Crippen LogP contribution in [0.3, 0.4) is 0 Å². The number of ether oxygens (including phenoxy) is 1. The number of anilines is 1. The first kappa shape index (κ1) is 25.4. The summed E-state index contributed by atoms with van der Waals surface area (Å²) < 4.78 is 5.69. The van der Waals surface area contributed by atoms with E-state index in [1.807, 2.05) is 0 Å². The van der Waals surface area contributed by atoms with Crippen LogP contribution in [-0.4, -0.2) is 23.6 Å². The van der Waals surface area contributed by atoms with Gasteiger partial charge >= 0.3 is 5.97 Å². The fourth-order valence-corrected chi connectivity index (χ4v) is 4.54. The van der Waals surface area contributed by atoms with E-state index in [4.69, 9.17) is 27.9 Å². The molecule has 8 heteroatoms. The van der Waals surface area contributed by atoms with Crippen molar-refractivity contribution in [3.05, 3.63) is 134 Å². The maximum absolute atomic E-state index is 13.3.